The summed E-state index contributed by atoms with van der Waals surface area (Å²) in [6, 6.07) is 13.3. The Morgan fingerprint density at radius 1 is 0.842 bits per heavy atom. The zero-order valence-electron chi connectivity index (χ0n) is 13.2. The Labute approximate surface area is 121 Å². The van der Waals surface area contributed by atoms with Crippen LogP contribution in [0.3, 0.4) is 0 Å². The van der Waals surface area contributed by atoms with E-state index in [1.54, 1.807) is 0 Å². The van der Waals surface area contributed by atoms with Crippen LogP contribution in [-0.4, -0.2) is 8.07 Å². The molecule has 0 nitrogen and oxygen atoms in total. The minimum absolute atomic E-state index is 1.17. The van der Waals surface area contributed by atoms with Crippen LogP contribution < -0.4 is 0 Å². The molecule has 0 aliphatic carbocycles. The van der Waals surface area contributed by atoms with Crippen molar-refractivity contribution in [2.75, 3.05) is 0 Å². The molecule has 0 amide bonds. The van der Waals surface area contributed by atoms with Crippen molar-refractivity contribution in [1.82, 2.24) is 0 Å². The average molecular weight is 275 g/mol. The molecule has 0 N–H and O–H groups in total. The molecule has 19 heavy (non-hydrogen) atoms. The van der Waals surface area contributed by atoms with Crippen LogP contribution in [0, 0.1) is 6.92 Å². The highest BCUT2D eigenvalue weighted by Crippen LogP contribution is 2.28. The average Bonchev–Trinajstić information content (AvgIpc) is 2.39. The zero-order chi connectivity index (χ0) is 14.1. The first-order valence-electron chi connectivity index (χ1n) is 7.91. The minimum atomic E-state index is -1.17. The molecule has 1 aromatic rings. The Morgan fingerprint density at radius 2 is 1.32 bits per heavy atom. The molecule has 0 atom stereocenters. The second-order valence-corrected chi connectivity index (χ2v) is 10.4. The topological polar surface area (TPSA) is 0 Å². The van der Waals surface area contributed by atoms with Gasteiger partial charge in [0.2, 0.25) is 0 Å². The molecule has 1 aromatic carbocycles. The number of rotatable bonds is 8. The molecular weight excluding hydrogens is 244 g/mol. The third-order valence-corrected chi connectivity index (χ3v) is 9.31. The normalized spacial score (nSPS) is 12.2. The summed E-state index contributed by atoms with van der Waals surface area (Å²) in [5.74, 6) is 0. The smallest absolute Gasteiger partial charge is 0.0778 e. The lowest BCUT2D eigenvalue weighted by Crippen LogP contribution is -2.31. The van der Waals surface area contributed by atoms with Crippen LogP contribution in [0.15, 0.2) is 30.0 Å². The van der Waals surface area contributed by atoms with E-state index in [9.17, 15) is 0 Å². The molecule has 0 saturated heterocycles. The first kappa shape index (κ1) is 16.2. The largest absolute Gasteiger partial charge is 0.0936 e. The van der Waals surface area contributed by atoms with Crippen LogP contribution in [0.4, 0.5) is 0 Å². The molecule has 0 aromatic heterocycles. The third kappa shape index (κ3) is 5.36. The van der Waals surface area contributed by atoms with Crippen molar-refractivity contribution in [3.8, 4) is 0 Å². The highest BCUT2D eigenvalue weighted by atomic mass is 28.3. The first-order valence-corrected chi connectivity index (χ1v) is 10.6. The first-order chi connectivity index (χ1) is 9.15. The Balaban J connectivity index is 2.87. The summed E-state index contributed by atoms with van der Waals surface area (Å²) >= 11 is 0. The van der Waals surface area contributed by atoms with E-state index < -0.39 is 8.07 Å². The van der Waals surface area contributed by atoms with Crippen molar-refractivity contribution in [2.24, 2.45) is 0 Å². The fourth-order valence-electron chi connectivity index (χ4n) is 3.07. The van der Waals surface area contributed by atoms with Gasteiger partial charge in [0.05, 0.1) is 8.07 Å². The molecule has 0 fully saturated rings. The van der Waals surface area contributed by atoms with Crippen LogP contribution in [0.5, 0.6) is 0 Å². The number of hydrogen-bond acceptors (Lipinski definition) is 0. The Kier molecular flexibility index (Phi) is 7.15. The monoisotopic (exact) mass is 274 g/mol. The quantitative estimate of drug-likeness (QED) is 0.493. The van der Waals surface area contributed by atoms with Crippen molar-refractivity contribution in [3.05, 3.63) is 41.1 Å². The molecule has 0 aliphatic heterocycles. The van der Waals surface area contributed by atoms with Gasteiger partial charge in [-0.1, -0.05) is 99.8 Å². The predicted octanol–water partition coefficient (Wildman–Crippen LogP) is 6.23. The predicted molar refractivity (Wildman–Crippen MR) is 91.3 cm³/mol. The van der Waals surface area contributed by atoms with Crippen LogP contribution >= 0.6 is 0 Å². The van der Waals surface area contributed by atoms with Crippen molar-refractivity contribution < 1.29 is 0 Å². The molecule has 106 valence electrons. The summed E-state index contributed by atoms with van der Waals surface area (Å²) < 4.78 is 0. The second-order valence-electron chi connectivity index (χ2n) is 5.86. The minimum Gasteiger partial charge on any atom is -0.0936 e. The van der Waals surface area contributed by atoms with E-state index in [-0.39, 0.29) is 0 Å². The molecule has 0 unspecified atom stereocenters. The number of benzene rings is 1. The van der Waals surface area contributed by atoms with Gasteiger partial charge in [0.15, 0.2) is 0 Å². The van der Waals surface area contributed by atoms with E-state index in [0.29, 0.717) is 0 Å². The molecule has 0 aliphatic rings. The van der Waals surface area contributed by atoms with Crippen molar-refractivity contribution in [3.63, 3.8) is 0 Å². The molecule has 0 radical (unpaired) electrons. The molecule has 1 rings (SSSR count). The van der Waals surface area contributed by atoms with Gasteiger partial charge in [-0.25, -0.2) is 0 Å². The van der Waals surface area contributed by atoms with E-state index in [1.165, 1.54) is 48.5 Å². The maximum Gasteiger partial charge on any atom is 0.0778 e. The van der Waals surface area contributed by atoms with Crippen molar-refractivity contribution >= 4 is 14.1 Å². The Bertz CT molecular complexity index is 358. The summed E-state index contributed by atoms with van der Waals surface area (Å²) in [6.07, 6.45) is 6.41. The fourth-order valence-corrected chi connectivity index (χ4v) is 7.85. The molecule has 1 heteroatoms. The zero-order valence-corrected chi connectivity index (χ0v) is 14.2. The van der Waals surface area contributed by atoms with Gasteiger partial charge in [-0.15, -0.1) is 0 Å². The van der Waals surface area contributed by atoms with Gasteiger partial charge in [-0.2, -0.15) is 0 Å². The molecule has 0 bridgehead atoms. The highest BCUT2D eigenvalue weighted by Gasteiger charge is 2.26. The lowest BCUT2D eigenvalue weighted by atomic mass is 10.2. The maximum atomic E-state index is 2.63. The van der Waals surface area contributed by atoms with Crippen molar-refractivity contribution in [2.45, 2.75) is 65.1 Å². The lowest BCUT2D eigenvalue weighted by molar-refractivity contribution is 0.937. The van der Waals surface area contributed by atoms with E-state index in [4.69, 9.17) is 0 Å². The van der Waals surface area contributed by atoms with Gasteiger partial charge in [-0.05, 0) is 12.5 Å². The van der Waals surface area contributed by atoms with Gasteiger partial charge in [0, 0.05) is 0 Å². The van der Waals surface area contributed by atoms with E-state index in [0.717, 1.165) is 0 Å². The fraction of sp³-hybridized carbons (Fsp3) is 0.556. The van der Waals surface area contributed by atoms with Gasteiger partial charge in [0.1, 0.15) is 0 Å². The van der Waals surface area contributed by atoms with E-state index in [2.05, 4.69) is 63.7 Å². The highest BCUT2D eigenvalue weighted by molar-refractivity contribution is 6.85. The van der Waals surface area contributed by atoms with Gasteiger partial charge in [-0.3, -0.25) is 0 Å². The summed E-state index contributed by atoms with van der Waals surface area (Å²) in [6.45, 7) is 9.17. The van der Waals surface area contributed by atoms with Crippen molar-refractivity contribution in [1.29, 1.82) is 0 Å². The maximum absolute atomic E-state index is 2.63. The van der Waals surface area contributed by atoms with E-state index >= 15 is 0 Å². The second kappa shape index (κ2) is 8.37. The summed E-state index contributed by atoms with van der Waals surface area (Å²) in [5, 5.41) is 0. The Hall–Kier alpha value is -0.823. The lowest BCUT2D eigenvalue weighted by Gasteiger charge is -2.27. The molecule has 0 heterocycles. The van der Waals surface area contributed by atoms with Crippen LogP contribution in [-0.2, 0) is 0 Å². The van der Waals surface area contributed by atoms with Crippen LogP contribution in [0.25, 0.3) is 6.08 Å². The van der Waals surface area contributed by atoms with Crippen LogP contribution in [0.2, 0.25) is 18.1 Å². The SMILES string of the molecule is CCC[Si](/C=C/c1ccc(C)cc1)(CCC)CCC. The Morgan fingerprint density at radius 3 is 1.74 bits per heavy atom. The van der Waals surface area contributed by atoms with Crippen LogP contribution in [0.1, 0.15) is 51.2 Å². The van der Waals surface area contributed by atoms with Gasteiger partial charge in [0.25, 0.3) is 0 Å². The number of aryl methyl sites for hydroxylation is 1. The third-order valence-electron chi connectivity index (χ3n) is 3.95. The molecular formula is C18H30Si. The van der Waals surface area contributed by atoms with Gasteiger partial charge >= 0.3 is 0 Å². The molecule has 0 spiro atoms. The summed E-state index contributed by atoms with van der Waals surface area (Å²) in [5.41, 5.74) is 5.34. The number of hydrogen-bond donors (Lipinski definition) is 0. The van der Waals surface area contributed by atoms with E-state index in [1.807, 2.05) is 0 Å². The summed E-state index contributed by atoms with van der Waals surface area (Å²) in [7, 11) is -1.17. The van der Waals surface area contributed by atoms with Gasteiger partial charge < -0.3 is 0 Å². The summed E-state index contributed by atoms with van der Waals surface area (Å²) in [4.78, 5) is 0. The molecule has 0 saturated carbocycles. The standard InChI is InChI=1S/C18H30Si/c1-5-13-19(14-6-2,15-7-3)16-12-18-10-8-17(4)9-11-18/h8-12,16H,5-7,13-15H2,1-4H3/b16-12+.